The molecule has 26 heteroatoms. The topological polar surface area (TPSA) is 237 Å². The first-order chi connectivity index (χ1) is 51.4. The van der Waals surface area contributed by atoms with Crippen molar-refractivity contribution >= 4 is 51.5 Å². The van der Waals surface area contributed by atoms with E-state index in [1.54, 1.807) is 4.90 Å². The number of amides is 3. The van der Waals surface area contributed by atoms with Gasteiger partial charge >= 0.3 is 18.3 Å². The van der Waals surface area contributed by atoms with Gasteiger partial charge in [0.15, 0.2) is 58.4 Å². The molecule has 110 heavy (non-hydrogen) atoms. The third-order valence-corrected chi connectivity index (χ3v) is 42.7. The van der Waals surface area contributed by atoms with E-state index in [0.717, 1.165) is 22.3 Å². The summed E-state index contributed by atoms with van der Waals surface area (Å²) >= 11 is 0. The van der Waals surface area contributed by atoms with Crippen molar-refractivity contribution in [2.75, 3.05) is 19.8 Å². The summed E-state index contributed by atoms with van der Waals surface area (Å²) in [5.41, 5.74) is 3.20. The molecule has 20 atom stereocenters. The summed E-state index contributed by atoms with van der Waals surface area (Å²) < 4.78 is 106. The van der Waals surface area contributed by atoms with E-state index in [1.165, 1.54) is 0 Å². The molecule has 4 aromatic rings. The fraction of sp³-hybridized carbons (Fsp3) is 0.679. The van der Waals surface area contributed by atoms with Crippen molar-refractivity contribution in [3.8, 4) is 0 Å². The molecule has 4 saturated heterocycles. The fourth-order valence-electron chi connectivity index (χ4n) is 13.8. The summed E-state index contributed by atoms with van der Waals surface area (Å²) in [5, 5.41) is 19.3. The number of nitrogens with one attached hydrogen (secondary N) is 2. The lowest BCUT2D eigenvalue weighted by atomic mass is 9.79. The highest BCUT2D eigenvalue weighted by molar-refractivity contribution is 6.75. The van der Waals surface area contributed by atoms with Crippen molar-refractivity contribution in [1.82, 2.24) is 15.5 Å². The van der Waals surface area contributed by atoms with Gasteiger partial charge in [-0.2, -0.15) is 0 Å². The van der Waals surface area contributed by atoms with E-state index in [1.807, 2.05) is 142 Å². The minimum atomic E-state index is -2.95. The van der Waals surface area contributed by atoms with Crippen LogP contribution in [0, 0.1) is 11.8 Å². The largest absolute Gasteiger partial charge is 0.445 e. The first-order valence-corrected chi connectivity index (χ1v) is 51.6. The minimum Gasteiger partial charge on any atom is -0.445 e. The molecule has 5 aliphatic rings. The molecule has 0 radical (unpaired) electrons. The SMILES string of the molecule is CC[C@@H]1O[C@H](O[C@H]2[C@@H](O[Si](C)(C)C(C)(C)C)[C@H](O[C@@H]3[C@@H](O)[C@H](N(CCO[Si](C)(C)C(C)(C)C)C(=O)OCc4ccccc4)C[C@H](C)[C@H]3O[C@H]3O[C@@H]4COC(c5ccccc5)O[C@H]4[C@H](C)[C@H]3NC(=O)OCc3ccccc3)O[C@@H]2CC)[C@H](NC(=O)OCc2ccccc2)[C@@H](O[Si](C)(C)C(C)(C)C)[C@@H]1O[Si](C)(C)C(C)(C)C. The number of rotatable bonds is 28. The lowest BCUT2D eigenvalue weighted by Crippen LogP contribution is -2.70. The molecule has 4 heterocycles. The van der Waals surface area contributed by atoms with Crippen LogP contribution in [0.25, 0.3) is 0 Å². The van der Waals surface area contributed by atoms with Gasteiger partial charge in [-0.05, 0) is 114 Å². The molecule has 3 amide bonds. The smallest absolute Gasteiger partial charge is 0.410 e. The third-order valence-electron chi connectivity index (χ3n) is 24.8. The summed E-state index contributed by atoms with van der Waals surface area (Å²) in [6, 6.07) is 35.1. The van der Waals surface area contributed by atoms with Gasteiger partial charge in [0.1, 0.15) is 56.4 Å². The Bertz CT molecular complexity index is 3540. The van der Waals surface area contributed by atoms with E-state index in [9.17, 15) is 14.7 Å². The number of fused-ring (bicyclic) bond motifs is 1. The molecule has 4 aromatic carbocycles. The number of aliphatic hydroxyl groups is 1. The summed E-state index contributed by atoms with van der Waals surface area (Å²) in [5.74, 6) is -1.04. The predicted octanol–water partition coefficient (Wildman–Crippen LogP) is 17.1. The molecule has 1 saturated carbocycles. The number of benzene rings is 4. The number of nitrogens with zero attached hydrogens (tertiary/aromatic N) is 1. The Morgan fingerprint density at radius 3 is 1.40 bits per heavy atom. The van der Waals surface area contributed by atoms with Crippen LogP contribution in [-0.2, 0) is 89.6 Å². The molecule has 4 aliphatic heterocycles. The Balaban J connectivity index is 1.16. The second-order valence-corrected chi connectivity index (χ2v) is 56.0. The number of hydrogen-bond donors (Lipinski definition) is 3. The molecular weight excluding hydrogens is 1470 g/mol. The average Bonchev–Trinajstić information content (AvgIpc) is 1.25. The third kappa shape index (κ3) is 22.0. The second kappa shape index (κ2) is 36.9. The Labute approximate surface area is 660 Å². The van der Waals surface area contributed by atoms with Crippen molar-refractivity contribution in [2.24, 2.45) is 11.8 Å². The van der Waals surface area contributed by atoms with Crippen LogP contribution in [0.3, 0.4) is 0 Å². The van der Waals surface area contributed by atoms with E-state index in [0.29, 0.717) is 12.8 Å². The summed E-state index contributed by atoms with van der Waals surface area (Å²) in [7, 11) is -10.8. The zero-order valence-electron chi connectivity index (χ0n) is 70.2. The number of carbonyl (C=O) groups excluding carboxylic acids is 3. The first-order valence-electron chi connectivity index (χ1n) is 40.0. The van der Waals surface area contributed by atoms with Crippen LogP contribution in [0.15, 0.2) is 121 Å². The van der Waals surface area contributed by atoms with Crippen molar-refractivity contribution in [3.63, 3.8) is 0 Å². The van der Waals surface area contributed by atoms with Gasteiger partial charge < -0.3 is 90.4 Å². The Kier molecular flexibility index (Phi) is 29.8. The van der Waals surface area contributed by atoms with Crippen LogP contribution < -0.4 is 10.6 Å². The first kappa shape index (κ1) is 89.0. The van der Waals surface area contributed by atoms with E-state index >= 15 is 4.79 Å². The fourth-order valence-corrected chi connectivity index (χ4v) is 18.8. The monoisotopic (exact) mass is 1600 g/mol. The van der Waals surface area contributed by atoms with E-state index < -0.39 is 179 Å². The van der Waals surface area contributed by atoms with Gasteiger partial charge in [0, 0.05) is 18.0 Å². The predicted molar refractivity (Wildman–Crippen MR) is 434 cm³/mol. The molecule has 9 rings (SSSR count). The number of ether oxygens (including phenoxy) is 11. The number of alkyl carbamates (subject to hydrolysis) is 2. The highest BCUT2D eigenvalue weighted by Gasteiger charge is 2.61. The Morgan fingerprint density at radius 1 is 0.491 bits per heavy atom. The van der Waals surface area contributed by atoms with Gasteiger partial charge in [-0.1, -0.05) is 232 Å². The molecule has 1 unspecified atom stereocenters. The van der Waals surface area contributed by atoms with Gasteiger partial charge in [0.05, 0.1) is 61.9 Å². The van der Waals surface area contributed by atoms with E-state index in [2.05, 4.69) is 153 Å². The van der Waals surface area contributed by atoms with Gasteiger partial charge in [-0.15, -0.1) is 0 Å². The summed E-state index contributed by atoms with van der Waals surface area (Å²) in [4.78, 5) is 46.1. The molecule has 0 aromatic heterocycles. The van der Waals surface area contributed by atoms with Crippen LogP contribution in [0.4, 0.5) is 14.4 Å². The maximum Gasteiger partial charge on any atom is 0.410 e. The molecule has 3 N–H and O–H groups in total. The van der Waals surface area contributed by atoms with Crippen molar-refractivity contribution in [2.45, 2.75) is 333 Å². The van der Waals surface area contributed by atoms with Gasteiger partial charge in [0.25, 0.3) is 0 Å². The van der Waals surface area contributed by atoms with Crippen molar-refractivity contribution in [1.29, 1.82) is 0 Å². The number of hydrogen-bond acceptors (Lipinski definition) is 19. The zero-order valence-corrected chi connectivity index (χ0v) is 74.2. The van der Waals surface area contributed by atoms with Crippen LogP contribution in [0.2, 0.25) is 72.5 Å². The van der Waals surface area contributed by atoms with E-state index in [-0.39, 0.29) is 61.1 Å². The summed E-state index contributed by atoms with van der Waals surface area (Å²) in [6.07, 6.45) is -15.7. The maximum absolute atomic E-state index is 15.2. The van der Waals surface area contributed by atoms with Gasteiger partial charge in [0.2, 0.25) is 0 Å². The molecular formula is C84H133N3O19Si4. The summed E-state index contributed by atoms with van der Waals surface area (Å²) in [6.45, 7) is 51.9. The Hall–Kier alpha value is -4.96. The molecule has 614 valence electrons. The molecule has 0 spiro atoms. The van der Waals surface area contributed by atoms with Crippen LogP contribution in [-0.4, -0.2) is 185 Å². The molecule has 22 nitrogen and oxygen atoms in total. The van der Waals surface area contributed by atoms with Gasteiger partial charge in [-0.25, -0.2) is 14.4 Å². The number of carbonyl (C=O) groups is 3. The highest BCUT2D eigenvalue weighted by atomic mass is 28.4. The van der Waals surface area contributed by atoms with Crippen LogP contribution >= 0.6 is 0 Å². The standard InChI is InChI=1S/C84H133N3O19Si4/c1-25-61-69(102-76-65(86-79(90)94-51-57-41-33-28-34-42-57)71(105-109(21,22)83(11,12)13)70(62(26-2)97-76)104-108(19,20)82(8,9)10)73(106-110(23,24)84(14,15)16)77(98-61)103-72-66(88)60(87(47-48-96-107(17,18)81(5,6)7)80(91)95-52-58-43-35-29-36-44-58)49-54(3)67(72)100-75-64(85-78(89)93-50-56-39-31-27-32-40-56)55(4)68-63(99-75)53-92-74(101-68)59-45-37-30-38-46-59/h27-46,54-55,60-77,88H,25-26,47-53H2,1-24H3,(H,85,89)(H,86,90)/t54-,55+,60+,61+,62-,63+,64+,65+,66-,67+,68-,69+,70+,71+,72+,73+,74?,75+,76+,77-/m0/s1. The maximum atomic E-state index is 15.2. The number of aliphatic hydroxyl groups excluding tert-OH is 1. The lowest BCUT2D eigenvalue weighted by molar-refractivity contribution is -0.353. The molecule has 5 fully saturated rings. The van der Waals surface area contributed by atoms with Crippen molar-refractivity contribution in [3.05, 3.63) is 144 Å². The van der Waals surface area contributed by atoms with E-state index in [4.69, 9.17) is 69.8 Å². The second-order valence-electron chi connectivity index (χ2n) is 36.9. The van der Waals surface area contributed by atoms with Crippen LogP contribution in [0.1, 0.15) is 159 Å². The average molecular weight is 1600 g/mol. The zero-order chi connectivity index (χ0) is 80.7. The quantitative estimate of drug-likeness (QED) is 0.0354. The van der Waals surface area contributed by atoms with Gasteiger partial charge in [-0.3, -0.25) is 0 Å². The Morgan fingerprint density at radius 2 is 0.909 bits per heavy atom. The lowest BCUT2D eigenvalue weighted by Gasteiger charge is -2.53. The highest BCUT2D eigenvalue weighted by Crippen LogP contribution is 2.49. The molecule has 1 aliphatic carbocycles. The van der Waals surface area contributed by atoms with Crippen LogP contribution in [0.5, 0.6) is 0 Å². The minimum absolute atomic E-state index is 0.00511. The van der Waals surface area contributed by atoms with Crippen molar-refractivity contribution < 1.29 is 89.3 Å². The molecule has 0 bridgehead atoms. The normalized spacial score (nSPS) is 30.0.